The highest BCUT2D eigenvalue weighted by molar-refractivity contribution is 8.01. The number of hydrogen-bond donors (Lipinski definition) is 2. The molecule has 4 rings (SSSR count). The fourth-order valence-electron chi connectivity index (χ4n) is 4.63. The maximum absolute atomic E-state index is 13.3. The number of phenols is 1. The van der Waals surface area contributed by atoms with Gasteiger partial charge in [0, 0.05) is 17.0 Å². The first-order valence-electron chi connectivity index (χ1n) is 11.6. The highest BCUT2D eigenvalue weighted by atomic mass is 32.2. The van der Waals surface area contributed by atoms with Gasteiger partial charge in [-0.3, -0.25) is 9.59 Å². The predicted octanol–water partition coefficient (Wildman–Crippen LogP) is 5.34. The standard InChI is InChI=1S/C27H33NO4S/c1-16-13-23(20(14-21(16)28)26(2,3)4)33-24-22(30)15-27(18-7-8-18,32-25(24)31)12-11-17-5-9-19(29)10-6-17/h5-6,9-10,13-14,18,24,29H,7-8,11-12,15,28H2,1-4H3. The molecule has 2 aromatic carbocycles. The van der Waals surface area contributed by atoms with E-state index >= 15 is 0 Å². The number of thioether (sulfide) groups is 1. The second-order valence-corrected chi connectivity index (χ2v) is 11.7. The molecule has 5 nitrogen and oxygen atoms in total. The molecule has 1 aliphatic carbocycles. The Morgan fingerprint density at radius 1 is 1.15 bits per heavy atom. The number of phenolic OH excluding ortho intramolecular Hbond substituents is 1. The Bertz CT molecular complexity index is 1050. The Kier molecular flexibility index (Phi) is 6.25. The average molecular weight is 468 g/mol. The van der Waals surface area contributed by atoms with Gasteiger partial charge in [0.05, 0.1) is 0 Å². The lowest BCUT2D eigenvalue weighted by atomic mass is 9.82. The number of benzene rings is 2. The van der Waals surface area contributed by atoms with E-state index in [1.165, 1.54) is 11.8 Å². The third kappa shape index (κ3) is 5.06. The topological polar surface area (TPSA) is 89.6 Å². The number of hydrogen-bond acceptors (Lipinski definition) is 6. The van der Waals surface area contributed by atoms with Crippen LogP contribution < -0.4 is 5.73 Å². The highest BCUT2D eigenvalue weighted by Gasteiger charge is 2.54. The van der Waals surface area contributed by atoms with Crippen molar-refractivity contribution in [2.75, 3.05) is 5.73 Å². The molecule has 6 heteroatoms. The second-order valence-electron chi connectivity index (χ2n) is 10.5. The lowest BCUT2D eigenvalue weighted by Gasteiger charge is -2.39. The first-order chi connectivity index (χ1) is 15.5. The molecule has 2 fully saturated rings. The van der Waals surface area contributed by atoms with Crippen molar-refractivity contribution in [2.45, 2.75) is 81.0 Å². The fraction of sp³-hybridized carbons (Fsp3) is 0.481. The number of rotatable bonds is 6. The molecule has 33 heavy (non-hydrogen) atoms. The largest absolute Gasteiger partial charge is 0.508 e. The number of cyclic esters (lactones) is 1. The van der Waals surface area contributed by atoms with Crippen LogP contribution in [0.3, 0.4) is 0 Å². The second kappa shape index (κ2) is 8.71. The summed E-state index contributed by atoms with van der Waals surface area (Å²) in [6.07, 6.45) is 3.54. The predicted molar refractivity (Wildman–Crippen MR) is 132 cm³/mol. The molecule has 0 aromatic heterocycles. The third-order valence-electron chi connectivity index (χ3n) is 6.80. The molecule has 0 bridgehead atoms. The molecule has 0 amide bonds. The summed E-state index contributed by atoms with van der Waals surface area (Å²) in [6, 6.07) is 11.0. The van der Waals surface area contributed by atoms with Crippen LogP contribution >= 0.6 is 11.8 Å². The molecule has 2 atom stereocenters. The molecule has 1 saturated carbocycles. The average Bonchev–Trinajstić information content (AvgIpc) is 3.58. The van der Waals surface area contributed by atoms with Crippen LogP contribution in [0.15, 0.2) is 41.3 Å². The van der Waals surface area contributed by atoms with Gasteiger partial charge in [0.15, 0.2) is 11.0 Å². The lowest BCUT2D eigenvalue weighted by Crippen LogP contribution is -2.50. The quantitative estimate of drug-likeness (QED) is 0.339. The summed E-state index contributed by atoms with van der Waals surface area (Å²) in [6.45, 7) is 8.24. The number of nitrogens with two attached hydrogens (primary N) is 1. The number of carbonyl (C=O) groups is 2. The van der Waals surface area contributed by atoms with E-state index in [4.69, 9.17) is 10.5 Å². The molecule has 1 heterocycles. The molecule has 0 radical (unpaired) electrons. The number of carbonyl (C=O) groups excluding carboxylic acids is 2. The summed E-state index contributed by atoms with van der Waals surface area (Å²) in [5.41, 5.74) is 9.00. The maximum Gasteiger partial charge on any atom is 0.327 e. The first kappa shape index (κ1) is 23.7. The van der Waals surface area contributed by atoms with Gasteiger partial charge in [-0.1, -0.05) is 32.9 Å². The number of Topliss-reactive ketones (excluding diaryl/α,β-unsaturated/α-hetero) is 1. The van der Waals surface area contributed by atoms with E-state index in [-0.39, 0.29) is 29.3 Å². The van der Waals surface area contributed by atoms with Crippen molar-refractivity contribution >= 4 is 29.2 Å². The van der Waals surface area contributed by atoms with Gasteiger partial charge in [0.2, 0.25) is 0 Å². The molecule has 0 spiro atoms. The van der Waals surface area contributed by atoms with Crippen LogP contribution in [0, 0.1) is 12.8 Å². The van der Waals surface area contributed by atoms with Gasteiger partial charge in [0.25, 0.3) is 0 Å². The van der Waals surface area contributed by atoms with Crippen molar-refractivity contribution in [1.82, 2.24) is 0 Å². The SMILES string of the molecule is Cc1cc(SC2C(=O)CC(CCc3ccc(O)cc3)(C3CC3)OC2=O)c(C(C)(C)C)cc1N. The number of aromatic hydroxyl groups is 1. The van der Waals surface area contributed by atoms with E-state index in [0.717, 1.165) is 34.4 Å². The number of ketones is 1. The van der Waals surface area contributed by atoms with Crippen molar-refractivity contribution in [2.24, 2.45) is 5.92 Å². The normalized spacial score (nSPS) is 23.5. The minimum atomic E-state index is -0.852. The van der Waals surface area contributed by atoms with Gasteiger partial charge in [-0.2, -0.15) is 0 Å². The van der Waals surface area contributed by atoms with Crippen LogP contribution in [0.4, 0.5) is 5.69 Å². The van der Waals surface area contributed by atoms with Crippen LogP contribution in [0.5, 0.6) is 5.75 Å². The van der Waals surface area contributed by atoms with Gasteiger partial charge in [0.1, 0.15) is 11.4 Å². The monoisotopic (exact) mass is 467 g/mol. The van der Waals surface area contributed by atoms with Crippen LogP contribution in [0.1, 0.15) is 63.1 Å². The van der Waals surface area contributed by atoms with E-state index in [2.05, 4.69) is 20.8 Å². The first-order valence-corrected chi connectivity index (χ1v) is 12.5. The number of nitrogen functional groups attached to an aromatic ring is 1. The van der Waals surface area contributed by atoms with Crippen LogP contribution in [0.2, 0.25) is 0 Å². The Labute approximate surface area is 200 Å². The lowest BCUT2D eigenvalue weighted by molar-refractivity contribution is -0.173. The van der Waals surface area contributed by atoms with Gasteiger partial charge >= 0.3 is 5.97 Å². The van der Waals surface area contributed by atoms with Gasteiger partial charge in [-0.05, 0) is 84.9 Å². The van der Waals surface area contributed by atoms with Crippen molar-refractivity contribution in [1.29, 1.82) is 0 Å². The Morgan fingerprint density at radius 2 is 1.82 bits per heavy atom. The number of aryl methyl sites for hydroxylation is 2. The van der Waals surface area contributed by atoms with E-state index in [1.54, 1.807) is 12.1 Å². The zero-order chi connectivity index (χ0) is 24.0. The smallest absolute Gasteiger partial charge is 0.327 e. The summed E-state index contributed by atoms with van der Waals surface area (Å²) in [7, 11) is 0. The molecule has 1 aliphatic heterocycles. The van der Waals surface area contributed by atoms with Crippen LogP contribution in [-0.2, 0) is 26.2 Å². The van der Waals surface area contributed by atoms with E-state index in [0.29, 0.717) is 18.5 Å². The Hall–Kier alpha value is -2.47. The van der Waals surface area contributed by atoms with Gasteiger partial charge < -0.3 is 15.6 Å². The third-order valence-corrected chi connectivity index (χ3v) is 8.08. The molecule has 2 aliphatic rings. The summed E-state index contributed by atoms with van der Waals surface area (Å²) in [4.78, 5) is 27.5. The minimum absolute atomic E-state index is 0.0526. The highest BCUT2D eigenvalue weighted by Crippen LogP contribution is 2.50. The number of esters is 1. The van der Waals surface area contributed by atoms with E-state index in [1.807, 2.05) is 31.2 Å². The molecular weight excluding hydrogens is 434 g/mol. The Morgan fingerprint density at radius 3 is 2.39 bits per heavy atom. The molecule has 1 saturated heterocycles. The fourth-order valence-corrected chi connectivity index (χ4v) is 5.98. The molecule has 3 N–H and O–H groups in total. The zero-order valence-electron chi connectivity index (χ0n) is 19.8. The molecule has 2 unspecified atom stereocenters. The van der Waals surface area contributed by atoms with Crippen LogP contribution in [0.25, 0.3) is 0 Å². The summed E-state index contributed by atoms with van der Waals surface area (Å²) >= 11 is 1.30. The maximum atomic E-state index is 13.3. The Balaban J connectivity index is 1.54. The molecule has 2 aromatic rings. The summed E-state index contributed by atoms with van der Waals surface area (Å²) in [5, 5.41) is 8.67. The van der Waals surface area contributed by atoms with Gasteiger partial charge in [-0.15, -0.1) is 11.8 Å². The van der Waals surface area contributed by atoms with Crippen molar-refractivity contribution in [3.8, 4) is 5.75 Å². The minimum Gasteiger partial charge on any atom is -0.508 e. The van der Waals surface area contributed by atoms with Gasteiger partial charge in [-0.25, -0.2) is 0 Å². The van der Waals surface area contributed by atoms with Crippen molar-refractivity contribution in [3.05, 3.63) is 53.1 Å². The van der Waals surface area contributed by atoms with Crippen molar-refractivity contribution < 1.29 is 19.4 Å². The number of anilines is 1. The summed E-state index contributed by atoms with van der Waals surface area (Å²) < 4.78 is 6.12. The van der Waals surface area contributed by atoms with E-state index < -0.39 is 16.8 Å². The summed E-state index contributed by atoms with van der Waals surface area (Å²) in [5.74, 6) is -0.00826. The molecular formula is C27H33NO4S. The molecule has 176 valence electrons. The van der Waals surface area contributed by atoms with E-state index in [9.17, 15) is 14.7 Å². The zero-order valence-corrected chi connectivity index (χ0v) is 20.6. The van der Waals surface area contributed by atoms with Crippen molar-refractivity contribution in [3.63, 3.8) is 0 Å². The number of ether oxygens (including phenoxy) is 1. The van der Waals surface area contributed by atoms with Crippen LogP contribution in [-0.4, -0.2) is 27.7 Å².